The van der Waals surface area contributed by atoms with Crippen LogP contribution >= 0.6 is 0 Å². The van der Waals surface area contributed by atoms with Gasteiger partial charge in [0.1, 0.15) is 0 Å². The number of nitriles is 1. The number of nitrogens with zero attached hydrogens (tertiary/aromatic N) is 3. The summed E-state index contributed by atoms with van der Waals surface area (Å²) in [4.78, 5) is 20.2. The smallest absolute Gasteiger partial charge is 0.258 e. The summed E-state index contributed by atoms with van der Waals surface area (Å²) in [5.74, 6) is 0.0959. The van der Waals surface area contributed by atoms with Gasteiger partial charge in [0, 0.05) is 31.7 Å². The number of hydrogen-bond donors (Lipinski definition) is 2. The molecule has 2 N–H and O–H groups in total. The highest BCUT2D eigenvalue weighted by Gasteiger charge is 2.08. The van der Waals surface area contributed by atoms with Crippen LogP contribution in [-0.4, -0.2) is 36.1 Å². The SMILES string of the molecule is COCCNc1ncc(C(=O)Nc2cccc(C#N)c2)cn1. The Morgan fingerprint density at radius 2 is 2.14 bits per heavy atom. The van der Waals surface area contributed by atoms with Gasteiger partial charge in [0.05, 0.1) is 23.8 Å². The molecule has 2 aromatic rings. The van der Waals surface area contributed by atoms with E-state index in [9.17, 15) is 4.79 Å². The first-order valence-electron chi connectivity index (χ1n) is 6.59. The van der Waals surface area contributed by atoms with Crippen LogP contribution in [0.5, 0.6) is 0 Å². The minimum Gasteiger partial charge on any atom is -0.383 e. The van der Waals surface area contributed by atoms with Crippen molar-refractivity contribution in [3.63, 3.8) is 0 Å². The number of hydrogen-bond acceptors (Lipinski definition) is 6. The molecule has 1 amide bonds. The molecule has 0 aliphatic carbocycles. The summed E-state index contributed by atoms with van der Waals surface area (Å²) >= 11 is 0. The van der Waals surface area contributed by atoms with Gasteiger partial charge in [-0.2, -0.15) is 5.26 Å². The number of ether oxygens (including phenoxy) is 1. The van der Waals surface area contributed by atoms with Crippen molar-refractivity contribution in [1.29, 1.82) is 5.26 Å². The molecule has 2 rings (SSSR count). The quantitative estimate of drug-likeness (QED) is 0.786. The molecule has 0 saturated heterocycles. The van der Waals surface area contributed by atoms with Crippen molar-refractivity contribution in [2.45, 2.75) is 0 Å². The van der Waals surface area contributed by atoms with Crippen LogP contribution < -0.4 is 10.6 Å². The molecule has 0 saturated carbocycles. The molecule has 7 nitrogen and oxygen atoms in total. The van der Waals surface area contributed by atoms with Crippen molar-refractivity contribution in [3.8, 4) is 6.07 Å². The van der Waals surface area contributed by atoms with Crippen LogP contribution in [0.4, 0.5) is 11.6 Å². The van der Waals surface area contributed by atoms with Crippen molar-refractivity contribution < 1.29 is 9.53 Å². The van der Waals surface area contributed by atoms with Gasteiger partial charge in [0.15, 0.2) is 0 Å². The lowest BCUT2D eigenvalue weighted by Gasteiger charge is -2.06. The van der Waals surface area contributed by atoms with E-state index in [0.29, 0.717) is 35.9 Å². The second kappa shape index (κ2) is 7.71. The highest BCUT2D eigenvalue weighted by molar-refractivity contribution is 6.03. The number of benzene rings is 1. The molecule has 7 heteroatoms. The Kier molecular flexibility index (Phi) is 5.40. The van der Waals surface area contributed by atoms with Crippen LogP contribution in [0.1, 0.15) is 15.9 Å². The van der Waals surface area contributed by atoms with Crippen LogP contribution in [0.15, 0.2) is 36.7 Å². The summed E-state index contributed by atoms with van der Waals surface area (Å²) < 4.78 is 4.91. The van der Waals surface area contributed by atoms with Crippen LogP contribution in [0.3, 0.4) is 0 Å². The van der Waals surface area contributed by atoms with Crippen molar-refractivity contribution >= 4 is 17.5 Å². The summed E-state index contributed by atoms with van der Waals surface area (Å²) in [6, 6.07) is 8.69. The van der Waals surface area contributed by atoms with Gasteiger partial charge in [0.25, 0.3) is 5.91 Å². The first-order valence-corrected chi connectivity index (χ1v) is 6.59. The maximum absolute atomic E-state index is 12.1. The fraction of sp³-hybridized carbons (Fsp3) is 0.200. The zero-order chi connectivity index (χ0) is 15.8. The average Bonchev–Trinajstić information content (AvgIpc) is 2.56. The van der Waals surface area contributed by atoms with Gasteiger partial charge >= 0.3 is 0 Å². The van der Waals surface area contributed by atoms with Gasteiger partial charge < -0.3 is 15.4 Å². The molecule has 0 bridgehead atoms. The fourth-order valence-electron chi connectivity index (χ4n) is 1.67. The lowest BCUT2D eigenvalue weighted by molar-refractivity contribution is 0.102. The molecule has 1 aromatic carbocycles. The maximum Gasteiger partial charge on any atom is 0.258 e. The molecule has 1 heterocycles. The van der Waals surface area contributed by atoms with E-state index in [2.05, 4.69) is 20.6 Å². The Bertz CT molecular complexity index is 679. The van der Waals surface area contributed by atoms with E-state index >= 15 is 0 Å². The Balaban J connectivity index is 1.99. The highest BCUT2D eigenvalue weighted by atomic mass is 16.5. The summed E-state index contributed by atoms with van der Waals surface area (Å²) in [7, 11) is 1.61. The Labute approximate surface area is 128 Å². The predicted octanol–water partition coefficient (Wildman–Crippen LogP) is 1.66. The van der Waals surface area contributed by atoms with E-state index in [-0.39, 0.29) is 5.91 Å². The zero-order valence-electron chi connectivity index (χ0n) is 12.0. The number of methoxy groups -OCH3 is 1. The van der Waals surface area contributed by atoms with Crippen molar-refractivity contribution in [2.24, 2.45) is 0 Å². The molecular weight excluding hydrogens is 282 g/mol. The van der Waals surface area contributed by atoms with E-state index in [4.69, 9.17) is 10.00 Å². The highest BCUT2D eigenvalue weighted by Crippen LogP contribution is 2.11. The number of carbonyl (C=O) groups is 1. The number of rotatable bonds is 6. The van der Waals surface area contributed by atoms with E-state index in [1.165, 1.54) is 12.4 Å². The summed E-state index contributed by atoms with van der Waals surface area (Å²) in [6.45, 7) is 1.13. The molecule has 22 heavy (non-hydrogen) atoms. The van der Waals surface area contributed by atoms with E-state index in [1.807, 2.05) is 6.07 Å². The third kappa shape index (κ3) is 4.26. The van der Waals surface area contributed by atoms with E-state index in [1.54, 1.807) is 31.4 Å². The lowest BCUT2D eigenvalue weighted by Crippen LogP contribution is -2.14. The van der Waals surface area contributed by atoms with Gasteiger partial charge in [-0.05, 0) is 18.2 Å². The first kappa shape index (κ1) is 15.4. The van der Waals surface area contributed by atoms with Gasteiger partial charge in [-0.1, -0.05) is 6.07 Å². The second-order valence-corrected chi connectivity index (χ2v) is 4.36. The van der Waals surface area contributed by atoms with E-state index < -0.39 is 0 Å². The molecular formula is C15H15N5O2. The van der Waals surface area contributed by atoms with Gasteiger partial charge in [-0.25, -0.2) is 9.97 Å². The average molecular weight is 297 g/mol. The number of amides is 1. The minimum atomic E-state index is -0.335. The zero-order valence-corrected chi connectivity index (χ0v) is 12.0. The van der Waals surface area contributed by atoms with Crippen molar-refractivity contribution in [2.75, 3.05) is 30.9 Å². The number of aromatic nitrogens is 2. The Hall–Kier alpha value is -2.98. The predicted molar refractivity (Wildman–Crippen MR) is 81.5 cm³/mol. The number of anilines is 2. The van der Waals surface area contributed by atoms with Crippen LogP contribution in [0, 0.1) is 11.3 Å². The molecule has 0 radical (unpaired) electrons. The molecule has 112 valence electrons. The van der Waals surface area contributed by atoms with Crippen molar-refractivity contribution in [3.05, 3.63) is 47.8 Å². The topological polar surface area (TPSA) is 99.9 Å². The molecule has 0 fully saturated rings. The van der Waals surface area contributed by atoms with Crippen LogP contribution in [0.2, 0.25) is 0 Å². The largest absolute Gasteiger partial charge is 0.383 e. The Morgan fingerprint density at radius 3 is 2.82 bits per heavy atom. The van der Waals surface area contributed by atoms with Gasteiger partial charge in [-0.3, -0.25) is 4.79 Å². The Morgan fingerprint density at radius 1 is 1.36 bits per heavy atom. The second-order valence-electron chi connectivity index (χ2n) is 4.36. The number of nitrogens with one attached hydrogen (secondary N) is 2. The first-order chi connectivity index (χ1) is 10.7. The summed E-state index contributed by atoms with van der Waals surface area (Å²) in [5.41, 5.74) is 1.36. The third-order valence-corrected chi connectivity index (χ3v) is 2.75. The molecule has 0 spiro atoms. The lowest BCUT2D eigenvalue weighted by atomic mass is 10.2. The van der Waals surface area contributed by atoms with Gasteiger partial charge in [-0.15, -0.1) is 0 Å². The van der Waals surface area contributed by atoms with Gasteiger partial charge in [0.2, 0.25) is 5.95 Å². The molecule has 0 unspecified atom stereocenters. The fourth-order valence-corrected chi connectivity index (χ4v) is 1.67. The summed E-state index contributed by atoms with van der Waals surface area (Å²) in [6.07, 6.45) is 2.87. The monoisotopic (exact) mass is 297 g/mol. The molecule has 0 aliphatic heterocycles. The normalized spacial score (nSPS) is 9.82. The maximum atomic E-state index is 12.1. The third-order valence-electron chi connectivity index (χ3n) is 2.75. The molecule has 1 aromatic heterocycles. The molecule has 0 aliphatic rings. The van der Waals surface area contributed by atoms with E-state index in [0.717, 1.165) is 0 Å². The summed E-state index contributed by atoms with van der Waals surface area (Å²) in [5, 5.41) is 14.5. The standard InChI is InChI=1S/C15H15N5O2/c1-22-6-5-17-15-18-9-12(10-19-15)14(21)20-13-4-2-3-11(7-13)8-16/h2-4,7,9-10H,5-6H2,1H3,(H,20,21)(H,17,18,19). The number of carbonyl (C=O) groups excluding carboxylic acids is 1. The molecule has 0 atom stereocenters. The van der Waals surface area contributed by atoms with Crippen molar-refractivity contribution in [1.82, 2.24) is 9.97 Å². The van der Waals surface area contributed by atoms with Crippen LogP contribution in [-0.2, 0) is 4.74 Å². The van der Waals surface area contributed by atoms with Crippen LogP contribution in [0.25, 0.3) is 0 Å². The minimum absolute atomic E-state index is 0.333.